The van der Waals surface area contributed by atoms with Crippen LogP contribution in [-0.2, 0) is 13.0 Å². The fraction of sp³-hybridized carbons (Fsp3) is 0.591. The molecule has 1 saturated carbocycles. The molecule has 3 rings (SSSR count). The van der Waals surface area contributed by atoms with Crippen molar-refractivity contribution in [2.24, 2.45) is 5.92 Å². The molecule has 0 radical (unpaired) electrons. The van der Waals surface area contributed by atoms with Crippen LogP contribution in [0.4, 0.5) is 4.39 Å². The third-order valence-corrected chi connectivity index (χ3v) is 5.55. The molecule has 0 amide bonds. The van der Waals surface area contributed by atoms with E-state index in [4.69, 9.17) is 9.84 Å². The lowest BCUT2D eigenvalue weighted by molar-refractivity contribution is 0.208. The zero-order valence-electron chi connectivity index (χ0n) is 16.3. The second-order valence-corrected chi connectivity index (χ2v) is 7.69. The number of nitrogens with zero attached hydrogens (tertiary/aromatic N) is 2. The van der Waals surface area contributed by atoms with Gasteiger partial charge in [0.15, 0.2) is 0 Å². The Kier molecular flexibility index (Phi) is 6.33. The molecule has 1 fully saturated rings. The Balaban J connectivity index is 1.79. The second-order valence-electron chi connectivity index (χ2n) is 7.69. The van der Waals surface area contributed by atoms with E-state index in [1.165, 1.54) is 38.2 Å². The summed E-state index contributed by atoms with van der Waals surface area (Å²) in [6.45, 7) is 6.62. The van der Waals surface area contributed by atoms with E-state index in [1.807, 2.05) is 19.1 Å². The Morgan fingerprint density at radius 2 is 2.00 bits per heavy atom. The maximum Gasteiger partial charge on any atom is 0.212 e. The fourth-order valence-corrected chi connectivity index (χ4v) is 3.99. The summed E-state index contributed by atoms with van der Waals surface area (Å²) in [5, 5.41) is 4.83. The van der Waals surface area contributed by atoms with Gasteiger partial charge in [-0.3, -0.25) is 0 Å². The number of aryl methyl sites for hydroxylation is 2. The quantitative estimate of drug-likeness (QED) is 0.606. The van der Waals surface area contributed by atoms with Gasteiger partial charge in [-0.05, 0) is 51.2 Å². The number of rotatable bonds is 7. The van der Waals surface area contributed by atoms with Crippen LogP contribution in [0.25, 0.3) is 0 Å². The molecule has 1 aromatic carbocycles. The van der Waals surface area contributed by atoms with Gasteiger partial charge >= 0.3 is 0 Å². The van der Waals surface area contributed by atoms with Crippen LogP contribution in [0.5, 0.6) is 5.88 Å². The van der Waals surface area contributed by atoms with Gasteiger partial charge < -0.3 is 4.74 Å². The molecule has 1 atom stereocenters. The zero-order chi connectivity index (χ0) is 18.5. The maximum absolute atomic E-state index is 14.0. The summed E-state index contributed by atoms with van der Waals surface area (Å²) in [7, 11) is 0. The van der Waals surface area contributed by atoms with Crippen molar-refractivity contribution >= 4 is 0 Å². The van der Waals surface area contributed by atoms with E-state index in [9.17, 15) is 4.39 Å². The van der Waals surface area contributed by atoms with Crippen LogP contribution in [0.1, 0.15) is 75.2 Å². The number of benzene rings is 1. The zero-order valence-corrected chi connectivity index (χ0v) is 16.3. The molecule has 0 saturated heterocycles. The monoisotopic (exact) mass is 358 g/mol. The van der Waals surface area contributed by atoms with Crippen molar-refractivity contribution in [3.63, 3.8) is 0 Å². The van der Waals surface area contributed by atoms with Gasteiger partial charge in [0.2, 0.25) is 5.88 Å². The van der Waals surface area contributed by atoms with Crippen molar-refractivity contribution in [3.05, 3.63) is 46.9 Å². The first-order valence-corrected chi connectivity index (χ1v) is 10.0. The lowest BCUT2D eigenvalue weighted by Crippen LogP contribution is -2.21. The van der Waals surface area contributed by atoms with Gasteiger partial charge in [0.25, 0.3) is 0 Å². The van der Waals surface area contributed by atoms with Crippen LogP contribution in [0, 0.1) is 18.7 Å². The summed E-state index contributed by atoms with van der Waals surface area (Å²) in [6, 6.07) is 7.51. The average Bonchev–Trinajstić information content (AvgIpc) is 3.05. The molecule has 0 spiro atoms. The van der Waals surface area contributed by atoms with E-state index in [0.29, 0.717) is 17.5 Å². The van der Waals surface area contributed by atoms with Gasteiger partial charge in [-0.1, -0.05) is 44.2 Å². The Labute approximate surface area is 156 Å². The fourth-order valence-electron chi connectivity index (χ4n) is 3.99. The molecule has 26 heavy (non-hydrogen) atoms. The molecule has 1 heterocycles. The molecule has 1 aliphatic rings. The van der Waals surface area contributed by atoms with Crippen molar-refractivity contribution in [1.82, 2.24) is 9.78 Å². The normalized spacial score (nSPS) is 16.6. The van der Waals surface area contributed by atoms with Crippen molar-refractivity contribution in [2.75, 3.05) is 0 Å². The lowest BCUT2D eigenvalue weighted by atomic mass is 9.85. The van der Waals surface area contributed by atoms with Gasteiger partial charge in [-0.25, -0.2) is 9.07 Å². The van der Waals surface area contributed by atoms with E-state index in [-0.39, 0.29) is 12.4 Å². The van der Waals surface area contributed by atoms with E-state index < -0.39 is 0 Å². The van der Waals surface area contributed by atoms with Crippen LogP contribution in [0.3, 0.4) is 0 Å². The summed E-state index contributed by atoms with van der Waals surface area (Å²) in [5.74, 6) is 1.21. The first kappa shape index (κ1) is 18.9. The van der Waals surface area contributed by atoms with Crippen LogP contribution in [0.15, 0.2) is 24.3 Å². The molecule has 0 bridgehead atoms. The van der Waals surface area contributed by atoms with E-state index in [2.05, 4.69) is 18.5 Å². The third-order valence-electron chi connectivity index (χ3n) is 5.55. The minimum atomic E-state index is -0.212. The van der Waals surface area contributed by atoms with Crippen molar-refractivity contribution in [3.8, 4) is 5.88 Å². The van der Waals surface area contributed by atoms with E-state index >= 15 is 0 Å². The maximum atomic E-state index is 14.0. The molecule has 0 N–H and O–H groups in total. The van der Waals surface area contributed by atoms with Gasteiger partial charge in [-0.2, -0.15) is 5.10 Å². The molecule has 1 unspecified atom stereocenters. The van der Waals surface area contributed by atoms with Crippen molar-refractivity contribution < 1.29 is 9.13 Å². The molecular formula is C22H31FN2O. The molecular weight excluding hydrogens is 327 g/mol. The number of hydrogen-bond donors (Lipinski definition) is 0. The molecule has 1 aliphatic carbocycles. The van der Waals surface area contributed by atoms with Crippen molar-refractivity contribution in [2.45, 2.75) is 78.4 Å². The largest absolute Gasteiger partial charge is 0.473 e. The number of ether oxygens (including phenoxy) is 1. The minimum Gasteiger partial charge on any atom is -0.473 e. The average molecular weight is 359 g/mol. The SMILES string of the molecule is CCCc1cc(OCc2cc(C)ccc2F)n(C(C)C2CCCCC2)n1. The first-order valence-electron chi connectivity index (χ1n) is 10.0. The number of aromatic nitrogens is 2. The Hall–Kier alpha value is -1.84. The van der Waals surface area contributed by atoms with Crippen LogP contribution < -0.4 is 4.74 Å². The summed E-state index contributed by atoms with van der Waals surface area (Å²) in [4.78, 5) is 0. The van der Waals surface area contributed by atoms with Gasteiger partial charge in [-0.15, -0.1) is 0 Å². The van der Waals surface area contributed by atoms with Gasteiger partial charge in [0.05, 0.1) is 11.7 Å². The highest BCUT2D eigenvalue weighted by Gasteiger charge is 2.25. The highest BCUT2D eigenvalue weighted by atomic mass is 19.1. The van der Waals surface area contributed by atoms with Crippen LogP contribution in [-0.4, -0.2) is 9.78 Å². The standard InChI is InChI=1S/C22H31FN2O/c1-4-8-20-14-22(26-15-19-13-16(2)11-12-21(19)23)25(24-20)17(3)18-9-6-5-7-10-18/h11-14,17-18H,4-10,15H2,1-3H3. The predicted octanol–water partition coefficient (Wildman–Crippen LogP) is 6.00. The summed E-state index contributed by atoms with van der Waals surface area (Å²) < 4.78 is 22.2. The molecule has 2 aromatic rings. The van der Waals surface area contributed by atoms with E-state index in [0.717, 1.165) is 30.0 Å². The Morgan fingerprint density at radius 1 is 1.23 bits per heavy atom. The Bertz CT molecular complexity index is 719. The topological polar surface area (TPSA) is 27.1 Å². The van der Waals surface area contributed by atoms with Crippen LogP contribution >= 0.6 is 0 Å². The number of halogens is 1. The molecule has 3 nitrogen and oxygen atoms in total. The lowest BCUT2D eigenvalue weighted by Gasteiger charge is -2.28. The Morgan fingerprint density at radius 3 is 2.73 bits per heavy atom. The first-order chi connectivity index (χ1) is 12.6. The van der Waals surface area contributed by atoms with Gasteiger partial charge in [0.1, 0.15) is 12.4 Å². The highest BCUT2D eigenvalue weighted by molar-refractivity contribution is 5.25. The summed E-state index contributed by atoms with van der Waals surface area (Å²) in [6.07, 6.45) is 8.48. The van der Waals surface area contributed by atoms with E-state index in [1.54, 1.807) is 6.07 Å². The van der Waals surface area contributed by atoms with Crippen molar-refractivity contribution in [1.29, 1.82) is 0 Å². The number of hydrogen-bond acceptors (Lipinski definition) is 2. The minimum absolute atomic E-state index is 0.212. The summed E-state index contributed by atoms with van der Waals surface area (Å²) >= 11 is 0. The smallest absolute Gasteiger partial charge is 0.212 e. The second kappa shape index (κ2) is 8.70. The third kappa shape index (κ3) is 4.46. The predicted molar refractivity (Wildman–Crippen MR) is 103 cm³/mol. The molecule has 142 valence electrons. The van der Waals surface area contributed by atoms with Gasteiger partial charge in [0, 0.05) is 11.6 Å². The molecule has 1 aromatic heterocycles. The molecule has 4 heteroatoms. The van der Waals surface area contributed by atoms with Crippen LogP contribution in [0.2, 0.25) is 0 Å². The molecule has 0 aliphatic heterocycles. The summed E-state index contributed by atoms with van der Waals surface area (Å²) in [5.41, 5.74) is 2.70. The highest BCUT2D eigenvalue weighted by Crippen LogP contribution is 2.35.